The van der Waals surface area contributed by atoms with Crippen LogP contribution in [-0.4, -0.2) is 85.3 Å². The molecule has 0 bridgehead atoms. The van der Waals surface area contributed by atoms with E-state index < -0.39 is 18.6 Å². The summed E-state index contributed by atoms with van der Waals surface area (Å²) in [6, 6.07) is 0. The van der Waals surface area contributed by atoms with Crippen LogP contribution in [-0.2, 0) is 14.4 Å². The molecule has 218 valence electrons. The fourth-order valence-electron chi connectivity index (χ4n) is 8.52. The van der Waals surface area contributed by atoms with Crippen molar-refractivity contribution < 1.29 is 24.3 Å². The molecular formula is C30H48N4O5. The second-order valence-corrected chi connectivity index (χ2v) is 13.1. The molecule has 0 aromatic rings. The summed E-state index contributed by atoms with van der Waals surface area (Å²) in [4.78, 5) is 44.8. The van der Waals surface area contributed by atoms with Gasteiger partial charge < -0.3 is 15.3 Å². The highest BCUT2D eigenvalue weighted by Gasteiger charge is 2.59. The Morgan fingerprint density at radius 3 is 2.54 bits per heavy atom. The van der Waals surface area contributed by atoms with Gasteiger partial charge in [-0.15, -0.1) is 0 Å². The van der Waals surface area contributed by atoms with Crippen LogP contribution in [0.4, 0.5) is 4.79 Å². The van der Waals surface area contributed by atoms with Crippen LogP contribution >= 0.6 is 0 Å². The summed E-state index contributed by atoms with van der Waals surface area (Å²) in [6.45, 7) is 8.66. The summed E-state index contributed by atoms with van der Waals surface area (Å²) < 4.78 is 0. The van der Waals surface area contributed by atoms with Crippen molar-refractivity contribution in [2.24, 2.45) is 39.7 Å². The molecule has 3 saturated carbocycles. The van der Waals surface area contributed by atoms with Gasteiger partial charge in [0.2, 0.25) is 0 Å². The van der Waals surface area contributed by atoms with Crippen LogP contribution in [0.1, 0.15) is 72.1 Å². The van der Waals surface area contributed by atoms with Crippen molar-refractivity contribution in [3.05, 3.63) is 11.6 Å². The second-order valence-electron chi connectivity index (χ2n) is 13.1. The number of oxime groups is 1. The zero-order valence-corrected chi connectivity index (χ0v) is 24.5. The van der Waals surface area contributed by atoms with Gasteiger partial charge >= 0.3 is 12.1 Å². The Labute approximate surface area is 233 Å². The number of hydrogen-bond donors (Lipinski definition) is 2. The van der Waals surface area contributed by atoms with Crippen LogP contribution < -0.4 is 5.32 Å². The first kappa shape index (κ1) is 29.7. The predicted molar refractivity (Wildman–Crippen MR) is 150 cm³/mol. The normalized spacial score (nSPS) is 34.2. The van der Waals surface area contributed by atoms with Gasteiger partial charge in [0.05, 0.1) is 5.71 Å². The van der Waals surface area contributed by atoms with Crippen LogP contribution in [0.25, 0.3) is 0 Å². The fraction of sp³-hybridized carbons (Fsp3) is 0.800. The third-order valence-electron chi connectivity index (χ3n) is 10.6. The molecule has 4 aliphatic rings. The number of rotatable bonds is 10. The largest absolute Gasteiger partial charge is 0.480 e. The number of aliphatic carboxylic acids is 1. The number of allylic oxidation sites excluding steroid dienone is 1. The molecular weight excluding hydrogens is 496 g/mol. The highest BCUT2D eigenvalue weighted by Crippen LogP contribution is 2.66. The number of carboxylic acid groups (broad SMARTS) is 1. The van der Waals surface area contributed by atoms with Gasteiger partial charge in [-0.1, -0.05) is 24.6 Å². The molecule has 0 spiro atoms. The average molecular weight is 545 g/mol. The van der Waals surface area contributed by atoms with E-state index in [0.29, 0.717) is 36.5 Å². The molecule has 39 heavy (non-hydrogen) atoms. The monoisotopic (exact) mass is 544 g/mol. The third kappa shape index (κ3) is 6.24. The summed E-state index contributed by atoms with van der Waals surface area (Å²) in [5.74, 6) is 1.36. The number of carbonyl (C=O) groups is 3. The molecule has 0 saturated heterocycles. The van der Waals surface area contributed by atoms with Gasteiger partial charge in [-0.2, -0.15) is 0 Å². The van der Waals surface area contributed by atoms with Gasteiger partial charge in [0, 0.05) is 38.5 Å². The molecule has 6 atom stereocenters. The maximum Gasteiger partial charge on any atom is 0.436 e. The van der Waals surface area contributed by atoms with E-state index in [4.69, 9.17) is 4.84 Å². The first-order chi connectivity index (χ1) is 18.5. The lowest BCUT2D eigenvalue weighted by Crippen LogP contribution is -2.51. The Hall–Kier alpha value is -2.26. The molecule has 9 heteroatoms. The quantitative estimate of drug-likeness (QED) is 0.184. The van der Waals surface area contributed by atoms with E-state index >= 15 is 0 Å². The molecule has 4 rings (SSSR count). The number of ketones is 1. The van der Waals surface area contributed by atoms with Crippen molar-refractivity contribution in [2.45, 2.75) is 72.1 Å². The number of fused-ring (bicyclic) bond motifs is 5. The van der Waals surface area contributed by atoms with Gasteiger partial charge in [0.25, 0.3) is 0 Å². The number of amides is 1. The van der Waals surface area contributed by atoms with E-state index in [1.54, 1.807) is 0 Å². The van der Waals surface area contributed by atoms with Crippen molar-refractivity contribution >= 4 is 23.6 Å². The average Bonchev–Trinajstić information content (AvgIpc) is 3.23. The van der Waals surface area contributed by atoms with Crippen molar-refractivity contribution in [3.63, 3.8) is 0 Å². The van der Waals surface area contributed by atoms with E-state index in [2.05, 4.69) is 29.2 Å². The summed E-state index contributed by atoms with van der Waals surface area (Å²) >= 11 is 0. The minimum absolute atomic E-state index is 0.111. The number of hydrogen-bond acceptors (Lipinski definition) is 7. The molecule has 2 N–H and O–H groups in total. The smallest absolute Gasteiger partial charge is 0.436 e. The minimum atomic E-state index is -1.08. The maximum atomic E-state index is 12.8. The topological polar surface area (TPSA) is 112 Å². The van der Waals surface area contributed by atoms with Gasteiger partial charge in [-0.05, 0) is 101 Å². The SMILES string of the molecule is C/C(=N\OC(=O)N(CCNCCN(C)C)CC(=O)O)[C@H]1CC[C@H]2[C@@H]3CCC4=CC(=O)CC[C@]4(C)[C@H]3CC[C@]12C. The first-order valence-corrected chi connectivity index (χ1v) is 14.8. The van der Waals surface area contributed by atoms with E-state index in [0.717, 1.165) is 63.7 Å². The predicted octanol–water partition coefficient (Wildman–Crippen LogP) is 4.18. The van der Waals surface area contributed by atoms with E-state index in [9.17, 15) is 19.5 Å². The Balaban J connectivity index is 1.38. The standard InChI is InChI=1S/C30H48N4O5/c1-20(32-39-28(38)34(19-27(36)37)17-15-31-14-16-33(4)5)24-8-9-25-23-7-6-21-18-22(35)10-12-29(21,2)26(23)11-13-30(24,25)3/h18,23-26,31H,6-17,19H2,1-5H3,(H,36,37)/b32-20+/t23-,24+,25-,26-,29-,30+/m0/s1. The molecule has 0 heterocycles. The molecule has 9 nitrogen and oxygen atoms in total. The summed E-state index contributed by atoms with van der Waals surface area (Å²) in [6.07, 6.45) is 9.56. The van der Waals surface area contributed by atoms with Crippen LogP contribution in [0.2, 0.25) is 0 Å². The van der Waals surface area contributed by atoms with Crippen molar-refractivity contribution in [1.29, 1.82) is 0 Å². The molecule has 4 aliphatic carbocycles. The van der Waals surface area contributed by atoms with Crippen LogP contribution in [0.5, 0.6) is 0 Å². The fourth-order valence-corrected chi connectivity index (χ4v) is 8.52. The molecule has 0 unspecified atom stereocenters. The Kier molecular flexibility index (Phi) is 9.21. The van der Waals surface area contributed by atoms with E-state index in [1.165, 1.54) is 10.5 Å². The molecule has 3 fully saturated rings. The minimum Gasteiger partial charge on any atom is -0.480 e. The second kappa shape index (κ2) is 12.1. The molecule has 0 aliphatic heterocycles. The molecule has 0 radical (unpaired) electrons. The zero-order valence-electron chi connectivity index (χ0n) is 24.5. The lowest BCUT2D eigenvalue weighted by atomic mass is 9.46. The lowest BCUT2D eigenvalue weighted by Gasteiger charge is -2.58. The molecule has 1 amide bonds. The van der Waals surface area contributed by atoms with E-state index in [-0.39, 0.29) is 23.3 Å². The van der Waals surface area contributed by atoms with Crippen LogP contribution in [0.3, 0.4) is 0 Å². The lowest BCUT2D eigenvalue weighted by molar-refractivity contribution is -0.138. The van der Waals surface area contributed by atoms with Crippen molar-refractivity contribution in [2.75, 3.05) is 46.8 Å². The first-order valence-electron chi connectivity index (χ1n) is 14.8. The highest BCUT2D eigenvalue weighted by atomic mass is 16.7. The Morgan fingerprint density at radius 1 is 1.08 bits per heavy atom. The van der Waals surface area contributed by atoms with Crippen molar-refractivity contribution in [1.82, 2.24) is 15.1 Å². The van der Waals surface area contributed by atoms with Crippen LogP contribution in [0, 0.1) is 34.5 Å². The van der Waals surface area contributed by atoms with Gasteiger partial charge in [-0.25, -0.2) is 4.79 Å². The Bertz CT molecular complexity index is 1010. The summed E-state index contributed by atoms with van der Waals surface area (Å²) in [5, 5.41) is 16.8. The third-order valence-corrected chi connectivity index (χ3v) is 10.6. The maximum absolute atomic E-state index is 12.8. The van der Waals surface area contributed by atoms with Gasteiger partial charge in [-0.3, -0.25) is 19.3 Å². The summed E-state index contributed by atoms with van der Waals surface area (Å²) in [7, 11) is 3.97. The van der Waals surface area contributed by atoms with Gasteiger partial charge in [0.1, 0.15) is 6.54 Å². The summed E-state index contributed by atoms with van der Waals surface area (Å²) in [5.41, 5.74) is 2.49. The number of nitrogens with one attached hydrogen (secondary N) is 1. The Morgan fingerprint density at radius 2 is 1.82 bits per heavy atom. The number of nitrogens with zero attached hydrogens (tertiary/aromatic N) is 3. The van der Waals surface area contributed by atoms with Crippen LogP contribution in [0.15, 0.2) is 16.8 Å². The van der Waals surface area contributed by atoms with Gasteiger partial charge in [0.15, 0.2) is 5.78 Å². The van der Waals surface area contributed by atoms with E-state index in [1.807, 2.05) is 27.1 Å². The molecule has 0 aromatic heterocycles. The number of likely N-dealkylation sites (N-methyl/N-ethyl adjacent to an activating group) is 1. The molecule has 0 aromatic carbocycles. The zero-order chi connectivity index (χ0) is 28.4. The number of carbonyl (C=O) groups excluding carboxylic acids is 2. The van der Waals surface area contributed by atoms with Crippen molar-refractivity contribution in [3.8, 4) is 0 Å². The number of carboxylic acids is 1. The highest BCUT2D eigenvalue weighted by molar-refractivity contribution is 5.91.